The standard InChI is InChI=1S/C21H18F2N2O5/c1-12(19-24-15-6-4-3-5-14(15)20(27)25-19)29-18(26)10-8-13-7-9-16(30-21(22)23)17(11-13)28-2/h3-12,21H,1-2H3,(H,24,25,27)/b10-8+/t12-/m0/s1. The quantitative estimate of drug-likeness (QED) is 0.465. The van der Waals surface area contributed by atoms with Crippen LogP contribution in [0.15, 0.2) is 53.3 Å². The van der Waals surface area contributed by atoms with E-state index >= 15 is 0 Å². The summed E-state index contributed by atoms with van der Waals surface area (Å²) in [6.45, 7) is -1.40. The number of nitrogens with one attached hydrogen (secondary N) is 1. The van der Waals surface area contributed by atoms with Crippen molar-refractivity contribution in [2.75, 3.05) is 7.11 Å². The molecule has 0 spiro atoms. The van der Waals surface area contributed by atoms with Gasteiger partial charge in [0.2, 0.25) is 0 Å². The molecule has 30 heavy (non-hydrogen) atoms. The maximum atomic E-state index is 12.4. The van der Waals surface area contributed by atoms with Crippen LogP contribution in [0, 0.1) is 0 Å². The molecule has 0 radical (unpaired) electrons. The van der Waals surface area contributed by atoms with Crippen LogP contribution in [0.2, 0.25) is 0 Å². The van der Waals surface area contributed by atoms with Gasteiger partial charge in [0, 0.05) is 6.08 Å². The minimum absolute atomic E-state index is 0.0946. The van der Waals surface area contributed by atoms with Crippen LogP contribution in [0.1, 0.15) is 24.4 Å². The van der Waals surface area contributed by atoms with E-state index in [9.17, 15) is 18.4 Å². The number of carbonyl (C=O) groups is 1. The molecular formula is C21H18F2N2O5. The first-order valence-corrected chi connectivity index (χ1v) is 8.88. The lowest BCUT2D eigenvalue weighted by Gasteiger charge is -2.12. The van der Waals surface area contributed by atoms with Gasteiger partial charge in [-0.25, -0.2) is 9.78 Å². The number of benzene rings is 2. The molecule has 3 aromatic rings. The smallest absolute Gasteiger partial charge is 0.387 e. The van der Waals surface area contributed by atoms with E-state index < -0.39 is 18.7 Å². The average Bonchev–Trinajstić information content (AvgIpc) is 2.72. The second-order valence-corrected chi connectivity index (χ2v) is 6.17. The summed E-state index contributed by atoms with van der Waals surface area (Å²) in [7, 11) is 1.31. The van der Waals surface area contributed by atoms with Crippen LogP contribution >= 0.6 is 0 Å². The number of rotatable bonds is 7. The fraction of sp³-hybridized carbons (Fsp3) is 0.190. The third-order valence-electron chi connectivity index (χ3n) is 4.12. The predicted molar refractivity (Wildman–Crippen MR) is 106 cm³/mol. The van der Waals surface area contributed by atoms with Crippen molar-refractivity contribution in [1.82, 2.24) is 9.97 Å². The second-order valence-electron chi connectivity index (χ2n) is 6.17. The highest BCUT2D eigenvalue weighted by Crippen LogP contribution is 2.29. The zero-order valence-corrected chi connectivity index (χ0v) is 16.1. The van der Waals surface area contributed by atoms with E-state index in [1.165, 1.54) is 31.4 Å². The van der Waals surface area contributed by atoms with Crippen LogP contribution in [-0.2, 0) is 9.53 Å². The Balaban J connectivity index is 1.70. The number of nitrogens with zero attached hydrogens (tertiary/aromatic N) is 1. The Morgan fingerprint density at radius 2 is 1.93 bits per heavy atom. The molecule has 0 saturated heterocycles. The highest BCUT2D eigenvalue weighted by Gasteiger charge is 2.14. The van der Waals surface area contributed by atoms with Crippen LogP contribution in [0.25, 0.3) is 17.0 Å². The highest BCUT2D eigenvalue weighted by atomic mass is 19.3. The lowest BCUT2D eigenvalue weighted by Crippen LogP contribution is -2.16. The van der Waals surface area contributed by atoms with Gasteiger partial charge < -0.3 is 19.2 Å². The third-order valence-corrected chi connectivity index (χ3v) is 4.12. The van der Waals surface area contributed by atoms with Gasteiger partial charge >= 0.3 is 12.6 Å². The number of esters is 1. The number of aromatic nitrogens is 2. The Kier molecular flexibility index (Phi) is 6.41. The molecule has 3 rings (SSSR count). The van der Waals surface area contributed by atoms with Crippen molar-refractivity contribution in [2.24, 2.45) is 0 Å². The number of aromatic amines is 1. The van der Waals surface area contributed by atoms with Crippen molar-refractivity contribution in [1.29, 1.82) is 0 Å². The highest BCUT2D eigenvalue weighted by molar-refractivity contribution is 5.87. The van der Waals surface area contributed by atoms with E-state index in [1.54, 1.807) is 31.2 Å². The molecule has 7 nitrogen and oxygen atoms in total. The van der Waals surface area contributed by atoms with Crippen molar-refractivity contribution >= 4 is 22.9 Å². The molecule has 1 N–H and O–H groups in total. The number of fused-ring (bicyclic) bond motifs is 1. The largest absolute Gasteiger partial charge is 0.493 e. The molecule has 0 aliphatic carbocycles. The Morgan fingerprint density at radius 3 is 2.67 bits per heavy atom. The summed E-state index contributed by atoms with van der Waals surface area (Å²) in [6.07, 6.45) is 1.80. The fourth-order valence-electron chi connectivity index (χ4n) is 2.71. The zero-order chi connectivity index (χ0) is 21.7. The molecule has 156 valence electrons. The lowest BCUT2D eigenvalue weighted by molar-refractivity contribution is -0.142. The molecule has 1 aromatic heterocycles. The molecule has 1 atom stereocenters. The van der Waals surface area contributed by atoms with Crippen LogP contribution in [0.3, 0.4) is 0 Å². The van der Waals surface area contributed by atoms with Gasteiger partial charge in [0.1, 0.15) is 0 Å². The lowest BCUT2D eigenvalue weighted by atomic mass is 10.2. The van der Waals surface area contributed by atoms with Crippen molar-refractivity contribution in [3.05, 3.63) is 70.3 Å². The summed E-state index contributed by atoms with van der Waals surface area (Å²) in [5.74, 6) is -0.481. The first-order chi connectivity index (χ1) is 14.4. The van der Waals surface area contributed by atoms with Crippen LogP contribution in [0.5, 0.6) is 11.5 Å². The van der Waals surface area contributed by atoms with E-state index in [2.05, 4.69) is 14.7 Å². The number of halogens is 2. The summed E-state index contributed by atoms with van der Waals surface area (Å²) < 4.78 is 39.4. The molecule has 0 unspecified atom stereocenters. The van der Waals surface area contributed by atoms with Gasteiger partial charge in [-0.05, 0) is 42.8 Å². The minimum Gasteiger partial charge on any atom is -0.493 e. The maximum Gasteiger partial charge on any atom is 0.387 e. The summed E-state index contributed by atoms with van der Waals surface area (Å²) in [5, 5.41) is 0.438. The number of H-pyrrole nitrogens is 1. The monoisotopic (exact) mass is 416 g/mol. The van der Waals surface area contributed by atoms with Gasteiger partial charge in [-0.15, -0.1) is 0 Å². The summed E-state index contributed by atoms with van der Waals surface area (Å²) in [5.41, 5.74) is 0.676. The second kappa shape index (κ2) is 9.17. The molecule has 0 saturated carbocycles. The van der Waals surface area contributed by atoms with Crippen molar-refractivity contribution in [3.8, 4) is 11.5 Å². The van der Waals surface area contributed by atoms with E-state index in [0.717, 1.165) is 6.08 Å². The molecular weight excluding hydrogens is 398 g/mol. The topological polar surface area (TPSA) is 90.5 Å². The van der Waals surface area contributed by atoms with E-state index in [4.69, 9.17) is 9.47 Å². The normalized spacial score (nSPS) is 12.3. The summed E-state index contributed by atoms with van der Waals surface area (Å²) in [4.78, 5) is 31.2. The average molecular weight is 416 g/mol. The number of hydrogen-bond acceptors (Lipinski definition) is 6. The maximum absolute atomic E-state index is 12.4. The van der Waals surface area contributed by atoms with Crippen LogP contribution in [-0.4, -0.2) is 29.7 Å². The number of carbonyl (C=O) groups excluding carboxylic acids is 1. The Bertz CT molecular complexity index is 1140. The van der Waals surface area contributed by atoms with Gasteiger partial charge in [-0.3, -0.25) is 4.79 Å². The molecule has 0 aliphatic heterocycles. The number of hydrogen-bond donors (Lipinski definition) is 1. The Labute approximate surface area is 169 Å². The number of ether oxygens (including phenoxy) is 3. The Morgan fingerprint density at radius 1 is 1.17 bits per heavy atom. The van der Waals surface area contributed by atoms with Crippen LogP contribution < -0.4 is 15.0 Å². The molecule has 9 heteroatoms. The SMILES string of the molecule is COc1cc(/C=C/C(=O)O[C@@H](C)c2nc3ccccc3c(=O)[nH]2)ccc1OC(F)F. The number of methoxy groups -OCH3 is 1. The van der Waals surface area contributed by atoms with E-state index in [0.29, 0.717) is 16.5 Å². The van der Waals surface area contributed by atoms with Gasteiger partial charge in [0.05, 0.1) is 18.0 Å². The first kappa shape index (κ1) is 21.0. The minimum atomic E-state index is -2.98. The summed E-state index contributed by atoms with van der Waals surface area (Å²) >= 11 is 0. The van der Waals surface area contributed by atoms with Gasteiger partial charge in [-0.2, -0.15) is 8.78 Å². The molecule has 0 bridgehead atoms. The molecule has 0 aliphatic rings. The van der Waals surface area contributed by atoms with Crippen molar-refractivity contribution in [3.63, 3.8) is 0 Å². The van der Waals surface area contributed by atoms with Crippen LogP contribution in [0.4, 0.5) is 8.78 Å². The zero-order valence-electron chi connectivity index (χ0n) is 16.1. The van der Waals surface area contributed by atoms with E-state index in [-0.39, 0.29) is 22.9 Å². The van der Waals surface area contributed by atoms with Crippen molar-refractivity contribution < 1.29 is 27.8 Å². The first-order valence-electron chi connectivity index (χ1n) is 8.88. The van der Waals surface area contributed by atoms with Gasteiger partial charge in [0.15, 0.2) is 23.4 Å². The number of alkyl halides is 2. The molecule has 0 fully saturated rings. The van der Waals surface area contributed by atoms with Gasteiger partial charge in [-0.1, -0.05) is 18.2 Å². The molecule has 2 aromatic carbocycles. The number of para-hydroxylation sites is 1. The van der Waals surface area contributed by atoms with E-state index in [1.807, 2.05) is 0 Å². The van der Waals surface area contributed by atoms with Gasteiger partial charge in [0.25, 0.3) is 5.56 Å². The van der Waals surface area contributed by atoms with Crippen molar-refractivity contribution in [2.45, 2.75) is 19.6 Å². The predicted octanol–water partition coefficient (Wildman–Crippen LogP) is 3.85. The fourth-order valence-corrected chi connectivity index (χ4v) is 2.71. The Hall–Kier alpha value is -3.75. The summed E-state index contributed by atoms with van der Waals surface area (Å²) in [6, 6.07) is 11.1. The molecule has 1 heterocycles. The molecule has 0 amide bonds. The third kappa shape index (κ3) is 4.99.